The molecule has 0 bridgehead atoms. The summed E-state index contributed by atoms with van der Waals surface area (Å²) >= 11 is 0. The van der Waals surface area contributed by atoms with Gasteiger partial charge in [0.2, 0.25) is 5.91 Å². The molecule has 0 aliphatic carbocycles. The molecule has 0 atom stereocenters. The van der Waals surface area contributed by atoms with Crippen LogP contribution < -0.4 is 11.1 Å². The standard InChI is InChI=1S/C20H13F3N2O2/c21-12-7-5-11(6-8-12)20(27)25-18-16(22)10-9-14(17(18)23)13-3-1-2-4-15(13)19(24)26/h1-10H,(H2,24,26)(H,25,27). The van der Waals surface area contributed by atoms with Gasteiger partial charge in [0.25, 0.3) is 5.91 Å². The van der Waals surface area contributed by atoms with Crippen LogP contribution >= 0.6 is 0 Å². The molecule has 0 heterocycles. The Morgan fingerprint density at radius 3 is 2.15 bits per heavy atom. The Hall–Kier alpha value is -3.61. The molecular formula is C20H13F3N2O2. The molecule has 2 amide bonds. The molecule has 0 aliphatic heterocycles. The van der Waals surface area contributed by atoms with Gasteiger partial charge in [-0.25, -0.2) is 13.2 Å². The van der Waals surface area contributed by atoms with Crippen molar-refractivity contribution in [1.29, 1.82) is 0 Å². The number of nitrogens with one attached hydrogen (secondary N) is 1. The summed E-state index contributed by atoms with van der Waals surface area (Å²) in [6.45, 7) is 0. The van der Waals surface area contributed by atoms with Crippen LogP contribution in [0.4, 0.5) is 18.9 Å². The average molecular weight is 370 g/mol. The van der Waals surface area contributed by atoms with Crippen LogP contribution in [0.5, 0.6) is 0 Å². The van der Waals surface area contributed by atoms with Crippen LogP contribution in [-0.4, -0.2) is 11.8 Å². The Morgan fingerprint density at radius 1 is 0.815 bits per heavy atom. The number of rotatable bonds is 4. The van der Waals surface area contributed by atoms with Gasteiger partial charge in [0.15, 0.2) is 5.82 Å². The summed E-state index contributed by atoms with van der Waals surface area (Å²) in [5, 5.41) is 2.15. The van der Waals surface area contributed by atoms with E-state index in [0.717, 1.165) is 24.3 Å². The molecule has 0 spiro atoms. The Kier molecular flexibility index (Phi) is 4.94. The van der Waals surface area contributed by atoms with Crippen molar-refractivity contribution in [3.8, 4) is 11.1 Å². The van der Waals surface area contributed by atoms with Crippen LogP contribution in [0.15, 0.2) is 60.7 Å². The molecule has 0 radical (unpaired) electrons. The van der Waals surface area contributed by atoms with Crippen molar-refractivity contribution in [2.24, 2.45) is 5.73 Å². The lowest BCUT2D eigenvalue weighted by molar-refractivity contribution is 0.0998. The number of hydrogen-bond donors (Lipinski definition) is 2. The Bertz CT molecular complexity index is 1030. The molecule has 4 nitrogen and oxygen atoms in total. The molecule has 3 N–H and O–H groups in total. The predicted octanol–water partition coefficient (Wildman–Crippen LogP) is 4.12. The quantitative estimate of drug-likeness (QED) is 0.725. The van der Waals surface area contributed by atoms with Crippen LogP contribution in [0.1, 0.15) is 20.7 Å². The zero-order valence-electron chi connectivity index (χ0n) is 13.8. The van der Waals surface area contributed by atoms with E-state index in [1.807, 2.05) is 0 Å². The van der Waals surface area contributed by atoms with Gasteiger partial charge in [-0.15, -0.1) is 0 Å². The van der Waals surface area contributed by atoms with Gasteiger partial charge >= 0.3 is 0 Å². The number of anilines is 1. The molecule has 0 unspecified atom stereocenters. The third kappa shape index (κ3) is 3.67. The van der Waals surface area contributed by atoms with Crippen molar-refractivity contribution >= 4 is 17.5 Å². The van der Waals surface area contributed by atoms with E-state index < -0.39 is 35.0 Å². The number of halogens is 3. The van der Waals surface area contributed by atoms with E-state index in [1.54, 1.807) is 12.1 Å². The van der Waals surface area contributed by atoms with Crippen molar-refractivity contribution in [3.05, 3.63) is 89.2 Å². The minimum atomic E-state index is -1.06. The normalized spacial score (nSPS) is 10.5. The topological polar surface area (TPSA) is 72.2 Å². The Labute approximate surface area is 152 Å². The van der Waals surface area contributed by atoms with Crippen LogP contribution in [-0.2, 0) is 0 Å². The Morgan fingerprint density at radius 2 is 1.48 bits per heavy atom. The van der Waals surface area contributed by atoms with E-state index in [9.17, 15) is 22.8 Å². The van der Waals surface area contributed by atoms with Crippen LogP contribution in [0.25, 0.3) is 11.1 Å². The van der Waals surface area contributed by atoms with Gasteiger partial charge in [0, 0.05) is 16.7 Å². The lowest BCUT2D eigenvalue weighted by Gasteiger charge is -2.13. The molecule has 3 aromatic rings. The molecule has 0 fully saturated rings. The molecule has 136 valence electrons. The first-order valence-electron chi connectivity index (χ1n) is 7.82. The van der Waals surface area contributed by atoms with E-state index in [1.165, 1.54) is 24.3 Å². The Balaban J connectivity index is 2.03. The van der Waals surface area contributed by atoms with Crippen LogP contribution in [0, 0.1) is 17.5 Å². The molecule has 3 rings (SSSR count). The van der Waals surface area contributed by atoms with E-state index in [4.69, 9.17) is 5.73 Å². The maximum atomic E-state index is 14.9. The fraction of sp³-hybridized carbons (Fsp3) is 0. The van der Waals surface area contributed by atoms with E-state index >= 15 is 0 Å². The zero-order chi connectivity index (χ0) is 19.6. The van der Waals surface area contributed by atoms with Gasteiger partial charge < -0.3 is 11.1 Å². The molecule has 0 aliphatic rings. The summed E-state index contributed by atoms with van der Waals surface area (Å²) in [6.07, 6.45) is 0. The molecule has 7 heteroatoms. The molecule has 0 aromatic heterocycles. The van der Waals surface area contributed by atoms with Gasteiger partial charge in [0.05, 0.1) is 0 Å². The first-order valence-corrected chi connectivity index (χ1v) is 7.82. The number of carbonyl (C=O) groups is 2. The minimum absolute atomic E-state index is 0.0261. The summed E-state index contributed by atoms with van der Waals surface area (Å²) in [5.41, 5.74) is 4.77. The largest absolute Gasteiger partial charge is 0.366 e. The first kappa shape index (κ1) is 18.2. The fourth-order valence-corrected chi connectivity index (χ4v) is 2.59. The highest BCUT2D eigenvalue weighted by atomic mass is 19.1. The molecule has 0 saturated carbocycles. The number of primary amides is 1. The molecule has 3 aromatic carbocycles. The van der Waals surface area contributed by atoms with Crippen LogP contribution in [0.2, 0.25) is 0 Å². The predicted molar refractivity (Wildman–Crippen MR) is 94.7 cm³/mol. The first-order chi connectivity index (χ1) is 12.9. The second-order valence-electron chi connectivity index (χ2n) is 5.65. The summed E-state index contributed by atoms with van der Waals surface area (Å²) < 4.78 is 42.0. The summed E-state index contributed by atoms with van der Waals surface area (Å²) in [4.78, 5) is 23.8. The highest BCUT2D eigenvalue weighted by Crippen LogP contribution is 2.32. The summed E-state index contributed by atoms with van der Waals surface area (Å²) in [7, 11) is 0. The number of nitrogens with two attached hydrogens (primary N) is 1. The highest BCUT2D eigenvalue weighted by Gasteiger charge is 2.20. The van der Waals surface area contributed by atoms with E-state index in [-0.39, 0.29) is 22.3 Å². The number of benzene rings is 3. The van der Waals surface area contributed by atoms with Gasteiger partial charge in [-0.2, -0.15) is 0 Å². The van der Waals surface area contributed by atoms with Crippen molar-refractivity contribution in [3.63, 3.8) is 0 Å². The SMILES string of the molecule is NC(=O)c1ccccc1-c1ccc(F)c(NC(=O)c2ccc(F)cc2)c1F. The monoisotopic (exact) mass is 370 g/mol. The van der Waals surface area contributed by atoms with Crippen LogP contribution in [0.3, 0.4) is 0 Å². The zero-order valence-corrected chi connectivity index (χ0v) is 13.8. The number of hydrogen-bond acceptors (Lipinski definition) is 2. The summed E-state index contributed by atoms with van der Waals surface area (Å²) in [6, 6.07) is 12.6. The average Bonchev–Trinajstić information content (AvgIpc) is 2.65. The smallest absolute Gasteiger partial charge is 0.255 e. The summed E-state index contributed by atoms with van der Waals surface area (Å²) in [5.74, 6) is -4.18. The lowest BCUT2D eigenvalue weighted by Crippen LogP contribution is -2.15. The maximum Gasteiger partial charge on any atom is 0.255 e. The van der Waals surface area contributed by atoms with Gasteiger partial charge in [-0.1, -0.05) is 18.2 Å². The van der Waals surface area contributed by atoms with E-state index in [2.05, 4.69) is 5.32 Å². The van der Waals surface area contributed by atoms with Crippen molar-refractivity contribution in [2.45, 2.75) is 0 Å². The van der Waals surface area contributed by atoms with Crippen molar-refractivity contribution < 1.29 is 22.8 Å². The third-order valence-corrected chi connectivity index (χ3v) is 3.92. The van der Waals surface area contributed by atoms with Crippen molar-refractivity contribution in [2.75, 3.05) is 5.32 Å². The highest BCUT2D eigenvalue weighted by molar-refractivity contribution is 6.05. The molecule has 27 heavy (non-hydrogen) atoms. The fourth-order valence-electron chi connectivity index (χ4n) is 2.59. The lowest BCUT2D eigenvalue weighted by atomic mass is 9.98. The third-order valence-electron chi connectivity index (χ3n) is 3.92. The molecular weight excluding hydrogens is 357 g/mol. The van der Waals surface area contributed by atoms with Gasteiger partial charge in [0.1, 0.15) is 17.3 Å². The van der Waals surface area contributed by atoms with Gasteiger partial charge in [-0.05, 0) is 48.0 Å². The molecule has 0 saturated heterocycles. The maximum absolute atomic E-state index is 14.9. The minimum Gasteiger partial charge on any atom is -0.366 e. The van der Waals surface area contributed by atoms with E-state index in [0.29, 0.717) is 0 Å². The number of amides is 2. The van der Waals surface area contributed by atoms with Crippen molar-refractivity contribution in [1.82, 2.24) is 0 Å². The van der Waals surface area contributed by atoms with Gasteiger partial charge in [-0.3, -0.25) is 9.59 Å². The second kappa shape index (κ2) is 7.33. The number of carbonyl (C=O) groups excluding carboxylic acids is 2. The second-order valence-corrected chi connectivity index (χ2v) is 5.65.